The Morgan fingerprint density at radius 2 is 1.73 bits per heavy atom. The van der Waals surface area contributed by atoms with E-state index in [1.54, 1.807) is 50.4 Å². The molecule has 11 heteroatoms. The van der Waals surface area contributed by atoms with Crippen LogP contribution in [0, 0.1) is 0 Å². The number of carbonyl (C=O) groups is 2. The highest BCUT2D eigenvalue weighted by atomic mass is 32.2. The first-order chi connectivity index (χ1) is 17.3. The lowest BCUT2D eigenvalue weighted by atomic mass is 10.1. The zero-order valence-corrected chi connectivity index (χ0v) is 22.9. The fraction of sp³-hybridized carbons (Fsp3) is 0.462. The van der Waals surface area contributed by atoms with Gasteiger partial charge in [-0.1, -0.05) is 12.1 Å². The normalized spacial score (nSPS) is 13.6. The van der Waals surface area contributed by atoms with Crippen LogP contribution in [-0.2, 0) is 26.2 Å². The minimum absolute atomic E-state index is 0.0360. The molecule has 2 aromatic carbocycles. The van der Waals surface area contributed by atoms with Gasteiger partial charge in [0.2, 0.25) is 28.6 Å². The number of rotatable bonds is 10. The first-order valence-corrected chi connectivity index (χ1v) is 13.6. The minimum atomic E-state index is -3.84. The van der Waals surface area contributed by atoms with Crippen molar-refractivity contribution in [2.45, 2.75) is 52.7 Å². The second-order valence-corrected chi connectivity index (χ2v) is 11.9. The number of fused-ring (bicyclic) bond motifs is 1. The zero-order valence-electron chi connectivity index (χ0n) is 22.1. The first-order valence-electron chi connectivity index (χ1n) is 12.0. The molecule has 37 heavy (non-hydrogen) atoms. The molecule has 0 aromatic heterocycles. The number of sulfonamides is 1. The van der Waals surface area contributed by atoms with E-state index in [1.807, 2.05) is 20.8 Å². The fourth-order valence-electron chi connectivity index (χ4n) is 3.74. The van der Waals surface area contributed by atoms with E-state index in [2.05, 4.69) is 5.32 Å². The van der Waals surface area contributed by atoms with Crippen LogP contribution in [0.1, 0.15) is 40.2 Å². The molecule has 1 N–H and O–H groups in total. The van der Waals surface area contributed by atoms with Crippen molar-refractivity contribution in [1.82, 2.24) is 10.2 Å². The van der Waals surface area contributed by atoms with E-state index < -0.39 is 34.1 Å². The highest BCUT2D eigenvalue weighted by Crippen LogP contribution is 2.36. The molecule has 1 aliphatic rings. The molecule has 1 atom stereocenters. The second-order valence-electron chi connectivity index (χ2n) is 9.73. The van der Waals surface area contributed by atoms with Gasteiger partial charge in [-0.3, -0.25) is 13.9 Å². The molecule has 0 aliphatic carbocycles. The average molecular weight is 534 g/mol. The van der Waals surface area contributed by atoms with Crippen LogP contribution in [0.15, 0.2) is 42.5 Å². The third-order valence-electron chi connectivity index (χ3n) is 5.80. The Bertz CT molecular complexity index is 1220. The standard InChI is InChI=1S/C26H35N3O7S/c1-7-37(32,33)29(20-10-13-22-23(14-20)36-17-35-22)16-24(30)28(18(2)25(31)27-26(3,4)5)15-19-8-11-21(34-6)12-9-19/h8-14,18H,7,15-17H2,1-6H3,(H,27,31)/t18-/m1/s1. The van der Waals surface area contributed by atoms with E-state index in [0.717, 1.165) is 9.87 Å². The Morgan fingerprint density at radius 3 is 2.32 bits per heavy atom. The summed E-state index contributed by atoms with van der Waals surface area (Å²) in [4.78, 5) is 28.1. The molecular formula is C26H35N3O7S. The number of benzene rings is 2. The predicted octanol–water partition coefficient (Wildman–Crippen LogP) is 2.91. The number of nitrogens with one attached hydrogen (secondary N) is 1. The number of nitrogens with zero attached hydrogens (tertiary/aromatic N) is 2. The summed E-state index contributed by atoms with van der Waals surface area (Å²) in [6.45, 7) is 8.33. The van der Waals surface area contributed by atoms with E-state index in [9.17, 15) is 18.0 Å². The summed E-state index contributed by atoms with van der Waals surface area (Å²) < 4.78 is 43.1. The van der Waals surface area contributed by atoms with Gasteiger partial charge in [0.15, 0.2) is 11.5 Å². The third kappa shape index (κ3) is 7.06. The molecule has 0 bridgehead atoms. The van der Waals surface area contributed by atoms with Gasteiger partial charge in [-0.25, -0.2) is 8.42 Å². The number of amides is 2. The van der Waals surface area contributed by atoms with Gasteiger partial charge < -0.3 is 24.4 Å². The summed E-state index contributed by atoms with van der Waals surface area (Å²) in [6.07, 6.45) is 0. The number of ether oxygens (including phenoxy) is 3. The molecule has 0 radical (unpaired) electrons. The lowest BCUT2D eigenvalue weighted by molar-refractivity contribution is -0.140. The SMILES string of the molecule is CCS(=O)(=O)N(CC(=O)N(Cc1ccc(OC)cc1)[C@H](C)C(=O)NC(C)(C)C)c1ccc2c(c1)OCO2. The maximum atomic E-state index is 13.7. The quantitative estimate of drug-likeness (QED) is 0.499. The van der Waals surface area contributed by atoms with Crippen molar-refractivity contribution >= 4 is 27.5 Å². The predicted molar refractivity (Wildman–Crippen MR) is 140 cm³/mol. The van der Waals surface area contributed by atoms with Gasteiger partial charge in [-0.2, -0.15) is 0 Å². The summed E-state index contributed by atoms with van der Waals surface area (Å²) in [5.74, 6) is 0.465. The van der Waals surface area contributed by atoms with Crippen molar-refractivity contribution in [2.24, 2.45) is 0 Å². The van der Waals surface area contributed by atoms with Crippen LogP contribution in [0.2, 0.25) is 0 Å². The molecule has 0 fully saturated rings. The van der Waals surface area contributed by atoms with Gasteiger partial charge in [0.25, 0.3) is 0 Å². The topological polar surface area (TPSA) is 114 Å². The van der Waals surface area contributed by atoms with Crippen LogP contribution in [0.25, 0.3) is 0 Å². The molecule has 1 heterocycles. The Hall–Kier alpha value is -3.47. The molecule has 0 saturated heterocycles. The van der Waals surface area contributed by atoms with Crippen molar-refractivity contribution in [3.8, 4) is 17.2 Å². The van der Waals surface area contributed by atoms with Crippen molar-refractivity contribution in [3.05, 3.63) is 48.0 Å². The summed E-state index contributed by atoms with van der Waals surface area (Å²) in [6, 6.07) is 11.0. The van der Waals surface area contributed by atoms with Gasteiger partial charge >= 0.3 is 0 Å². The van der Waals surface area contributed by atoms with E-state index in [1.165, 1.54) is 17.9 Å². The maximum Gasteiger partial charge on any atom is 0.244 e. The van der Waals surface area contributed by atoms with Crippen molar-refractivity contribution in [1.29, 1.82) is 0 Å². The Labute approximate surface area is 218 Å². The molecule has 0 saturated carbocycles. The zero-order chi connectivity index (χ0) is 27.4. The summed E-state index contributed by atoms with van der Waals surface area (Å²) >= 11 is 0. The number of anilines is 1. The van der Waals surface area contributed by atoms with E-state index in [-0.39, 0.29) is 30.7 Å². The van der Waals surface area contributed by atoms with Gasteiger partial charge in [-0.05, 0) is 64.4 Å². The summed E-state index contributed by atoms with van der Waals surface area (Å²) in [7, 11) is -2.29. The van der Waals surface area contributed by atoms with Crippen LogP contribution in [0.3, 0.4) is 0 Å². The van der Waals surface area contributed by atoms with Crippen LogP contribution in [0.4, 0.5) is 5.69 Å². The molecule has 10 nitrogen and oxygen atoms in total. The average Bonchev–Trinajstić information content (AvgIpc) is 3.32. The number of carbonyl (C=O) groups excluding carboxylic acids is 2. The van der Waals surface area contributed by atoms with Crippen molar-refractivity contribution in [2.75, 3.05) is 30.5 Å². The second kappa shape index (κ2) is 11.3. The Kier molecular flexibility index (Phi) is 8.57. The highest BCUT2D eigenvalue weighted by molar-refractivity contribution is 7.92. The Morgan fingerprint density at radius 1 is 1.08 bits per heavy atom. The lowest BCUT2D eigenvalue weighted by Gasteiger charge is -2.33. The van der Waals surface area contributed by atoms with E-state index in [4.69, 9.17) is 14.2 Å². The van der Waals surface area contributed by atoms with E-state index in [0.29, 0.717) is 17.2 Å². The van der Waals surface area contributed by atoms with Crippen LogP contribution >= 0.6 is 0 Å². The minimum Gasteiger partial charge on any atom is -0.497 e. The fourth-order valence-corrected chi connectivity index (χ4v) is 4.80. The van der Waals surface area contributed by atoms with Gasteiger partial charge in [0.05, 0.1) is 18.6 Å². The maximum absolute atomic E-state index is 13.7. The first kappa shape index (κ1) is 28.1. The molecule has 0 unspecified atom stereocenters. The Balaban J connectivity index is 1.94. The van der Waals surface area contributed by atoms with Crippen LogP contribution in [0.5, 0.6) is 17.2 Å². The molecule has 2 amide bonds. The van der Waals surface area contributed by atoms with Gasteiger partial charge in [-0.15, -0.1) is 0 Å². The third-order valence-corrected chi connectivity index (χ3v) is 7.54. The van der Waals surface area contributed by atoms with Crippen molar-refractivity contribution in [3.63, 3.8) is 0 Å². The number of hydrogen-bond acceptors (Lipinski definition) is 7. The highest BCUT2D eigenvalue weighted by Gasteiger charge is 2.32. The largest absolute Gasteiger partial charge is 0.497 e. The lowest BCUT2D eigenvalue weighted by Crippen LogP contribution is -2.54. The van der Waals surface area contributed by atoms with Crippen LogP contribution < -0.4 is 23.8 Å². The molecule has 1 aliphatic heterocycles. The van der Waals surface area contributed by atoms with Gasteiger partial charge in [0.1, 0.15) is 18.3 Å². The smallest absolute Gasteiger partial charge is 0.244 e. The van der Waals surface area contributed by atoms with Crippen molar-refractivity contribution < 1.29 is 32.2 Å². The molecule has 3 rings (SSSR count). The molecule has 2 aromatic rings. The molecule has 202 valence electrons. The van der Waals surface area contributed by atoms with E-state index >= 15 is 0 Å². The summed E-state index contributed by atoms with van der Waals surface area (Å²) in [5.41, 5.74) is 0.526. The summed E-state index contributed by atoms with van der Waals surface area (Å²) in [5, 5.41) is 2.90. The molecule has 0 spiro atoms. The molecular weight excluding hydrogens is 498 g/mol. The van der Waals surface area contributed by atoms with Gasteiger partial charge in [0, 0.05) is 18.2 Å². The number of methoxy groups -OCH3 is 1. The monoisotopic (exact) mass is 533 g/mol. The van der Waals surface area contributed by atoms with Crippen LogP contribution in [-0.4, -0.2) is 62.9 Å². The number of hydrogen-bond donors (Lipinski definition) is 1.